The van der Waals surface area contributed by atoms with Crippen LogP contribution in [0.15, 0.2) is 88.8 Å². The zero-order chi connectivity index (χ0) is 22.3. The summed E-state index contributed by atoms with van der Waals surface area (Å²) in [5, 5.41) is 3.60. The summed E-state index contributed by atoms with van der Waals surface area (Å²) >= 11 is 1.36. The second-order valence-corrected chi connectivity index (χ2v) is 8.02. The maximum absolute atomic E-state index is 12.6. The topological polar surface area (TPSA) is 80.1 Å². The summed E-state index contributed by atoms with van der Waals surface area (Å²) in [6.07, 6.45) is 0.523. The molecule has 0 saturated heterocycles. The van der Waals surface area contributed by atoms with Gasteiger partial charge in [0.05, 0.1) is 46.2 Å². The summed E-state index contributed by atoms with van der Waals surface area (Å²) in [4.78, 5) is 34.2. The fourth-order valence-corrected chi connectivity index (χ4v) is 4.02. The van der Waals surface area contributed by atoms with Crippen molar-refractivity contribution in [3.05, 3.63) is 90.0 Å². The zero-order valence-electron chi connectivity index (χ0n) is 17.4. The van der Waals surface area contributed by atoms with Gasteiger partial charge in [-0.25, -0.2) is 9.79 Å². The normalized spacial score (nSPS) is 12.7. The molecule has 0 fully saturated rings. The molecular weight excluding hydrogens is 422 g/mol. The van der Waals surface area contributed by atoms with Gasteiger partial charge in [-0.2, -0.15) is 0 Å². The van der Waals surface area contributed by atoms with E-state index < -0.39 is 5.97 Å². The van der Waals surface area contributed by atoms with Crippen LogP contribution in [0.25, 0.3) is 0 Å². The highest BCUT2D eigenvalue weighted by Crippen LogP contribution is 2.33. The van der Waals surface area contributed by atoms with Crippen LogP contribution in [0.1, 0.15) is 22.3 Å². The lowest BCUT2D eigenvalue weighted by atomic mass is 10.1. The molecule has 4 rings (SSSR count). The van der Waals surface area contributed by atoms with Crippen LogP contribution in [0.5, 0.6) is 0 Å². The van der Waals surface area contributed by atoms with Crippen LogP contribution in [0, 0.1) is 0 Å². The molecule has 6 nitrogen and oxygen atoms in total. The molecule has 160 valence electrons. The van der Waals surface area contributed by atoms with Gasteiger partial charge >= 0.3 is 5.97 Å². The molecular formula is C25H21N3O3S. The van der Waals surface area contributed by atoms with Gasteiger partial charge in [-0.05, 0) is 29.8 Å². The summed E-state index contributed by atoms with van der Waals surface area (Å²) < 4.78 is 4.79. The van der Waals surface area contributed by atoms with Gasteiger partial charge in [-0.15, -0.1) is 11.8 Å². The Morgan fingerprint density at radius 2 is 1.56 bits per heavy atom. The Balaban J connectivity index is 1.51. The molecule has 1 N–H and O–H groups in total. The van der Waals surface area contributed by atoms with E-state index in [2.05, 4.69) is 5.32 Å². The molecule has 7 heteroatoms. The molecule has 0 aromatic heterocycles. The van der Waals surface area contributed by atoms with Crippen molar-refractivity contribution >= 4 is 51.5 Å². The van der Waals surface area contributed by atoms with Crippen molar-refractivity contribution in [2.45, 2.75) is 6.42 Å². The van der Waals surface area contributed by atoms with E-state index in [1.165, 1.54) is 18.9 Å². The maximum Gasteiger partial charge on any atom is 0.339 e. The second kappa shape index (κ2) is 10.1. The molecule has 0 bridgehead atoms. The molecule has 0 unspecified atom stereocenters. The van der Waals surface area contributed by atoms with Crippen molar-refractivity contribution in [1.82, 2.24) is 0 Å². The van der Waals surface area contributed by atoms with Crippen LogP contribution >= 0.6 is 11.8 Å². The highest BCUT2D eigenvalue weighted by Gasteiger charge is 2.18. The third kappa shape index (κ3) is 5.12. The number of benzene rings is 3. The van der Waals surface area contributed by atoms with Gasteiger partial charge in [-0.1, -0.05) is 54.6 Å². The number of thioether (sulfide) groups is 1. The van der Waals surface area contributed by atoms with E-state index in [1.807, 2.05) is 54.6 Å². The molecule has 3 aromatic carbocycles. The minimum absolute atomic E-state index is 0.151. The number of nitrogens with zero attached hydrogens (tertiary/aromatic N) is 2. The first kappa shape index (κ1) is 21.5. The number of amides is 1. The number of hydrogen-bond donors (Lipinski definition) is 1. The highest BCUT2D eigenvalue weighted by atomic mass is 32.2. The van der Waals surface area contributed by atoms with Crippen LogP contribution in [-0.4, -0.2) is 35.5 Å². The second-order valence-electron chi connectivity index (χ2n) is 6.97. The van der Waals surface area contributed by atoms with Crippen LogP contribution in [0.3, 0.4) is 0 Å². The number of esters is 1. The SMILES string of the molecule is COC(=O)c1ccccc1NC(=O)CSC1=Nc2ccccc2N=C(c2ccccc2)C1. The Kier molecular flexibility index (Phi) is 6.77. The van der Waals surface area contributed by atoms with Crippen molar-refractivity contribution in [3.63, 3.8) is 0 Å². The predicted molar refractivity (Wildman–Crippen MR) is 130 cm³/mol. The minimum Gasteiger partial charge on any atom is -0.465 e. The summed E-state index contributed by atoms with van der Waals surface area (Å²) in [6.45, 7) is 0. The Hall–Kier alpha value is -3.71. The summed E-state index contributed by atoms with van der Waals surface area (Å²) in [7, 11) is 1.31. The average molecular weight is 444 g/mol. The molecule has 0 spiro atoms. The van der Waals surface area contributed by atoms with Gasteiger partial charge in [0.1, 0.15) is 0 Å². The molecule has 1 aliphatic heterocycles. The lowest BCUT2D eigenvalue weighted by molar-refractivity contribution is -0.113. The van der Waals surface area contributed by atoms with Gasteiger partial charge in [0.15, 0.2) is 0 Å². The number of methoxy groups -OCH3 is 1. The largest absolute Gasteiger partial charge is 0.465 e. The standard InChI is InChI=1S/C25H21N3O3S/c1-31-25(30)18-11-5-6-12-19(18)27-23(29)16-32-24-15-22(17-9-3-2-4-10-17)26-20-13-7-8-14-21(20)28-24/h2-14H,15-16H2,1H3,(H,27,29). The van der Waals surface area contributed by atoms with E-state index in [0.29, 0.717) is 17.7 Å². The van der Waals surface area contributed by atoms with E-state index >= 15 is 0 Å². The number of rotatable bonds is 5. The molecule has 1 heterocycles. The molecule has 1 amide bonds. The van der Waals surface area contributed by atoms with Crippen molar-refractivity contribution in [2.24, 2.45) is 9.98 Å². The Morgan fingerprint density at radius 3 is 2.31 bits per heavy atom. The molecule has 1 aliphatic rings. The van der Waals surface area contributed by atoms with Crippen LogP contribution in [0.4, 0.5) is 17.1 Å². The smallest absolute Gasteiger partial charge is 0.339 e. The third-order valence-electron chi connectivity index (χ3n) is 4.78. The van der Waals surface area contributed by atoms with E-state index in [0.717, 1.165) is 27.7 Å². The van der Waals surface area contributed by atoms with Crippen LogP contribution in [-0.2, 0) is 9.53 Å². The van der Waals surface area contributed by atoms with Gasteiger partial charge in [0.2, 0.25) is 5.91 Å². The maximum atomic E-state index is 12.6. The van der Waals surface area contributed by atoms with Crippen LogP contribution in [0.2, 0.25) is 0 Å². The minimum atomic E-state index is -0.498. The quantitative estimate of drug-likeness (QED) is 0.536. The van der Waals surface area contributed by atoms with Crippen molar-refractivity contribution in [3.8, 4) is 0 Å². The van der Waals surface area contributed by atoms with Crippen molar-refractivity contribution in [1.29, 1.82) is 0 Å². The number of nitrogens with one attached hydrogen (secondary N) is 1. The molecule has 0 atom stereocenters. The van der Waals surface area contributed by atoms with Crippen molar-refractivity contribution in [2.75, 3.05) is 18.2 Å². The lowest BCUT2D eigenvalue weighted by Crippen LogP contribution is -2.18. The number of fused-ring (bicyclic) bond motifs is 1. The fourth-order valence-electron chi connectivity index (χ4n) is 3.25. The number of para-hydroxylation sites is 3. The first-order valence-electron chi connectivity index (χ1n) is 10.0. The molecule has 0 aliphatic carbocycles. The number of anilines is 1. The molecule has 32 heavy (non-hydrogen) atoms. The van der Waals surface area contributed by atoms with Gasteiger partial charge in [0, 0.05) is 6.42 Å². The molecule has 0 radical (unpaired) electrons. The first-order valence-corrected chi connectivity index (χ1v) is 11.0. The predicted octanol–water partition coefficient (Wildman–Crippen LogP) is 5.40. The Morgan fingerprint density at radius 1 is 0.906 bits per heavy atom. The summed E-state index contributed by atoms with van der Waals surface area (Å²) in [5.41, 5.74) is 4.24. The zero-order valence-corrected chi connectivity index (χ0v) is 18.3. The number of carbonyl (C=O) groups excluding carboxylic acids is 2. The third-order valence-corrected chi connectivity index (χ3v) is 5.76. The van der Waals surface area contributed by atoms with E-state index in [9.17, 15) is 9.59 Å². The summed E-state index contributed by atoms with van der Waals surface area (Å²) in [6, 6.07) is 24.4. The van der Waals surface area contributed by atoms with Gasteiger partial charge in [-0.3, -0.25) is 9.79 Å². The molecule has 3 aromatic rings. The highest BCUT2D eigenvalue weighted by molar-refractivity contribution is 8.14. The number of hydrogen-bond acceptors (Lipinski definition) is 6. The average Bonchev–Trinajstić information content (AvgIpc) is 3.02. The number of aliphatic imine (C=N–C) groups is 2. The monoisotopic (exact) mass is 443 g/mol. The Bertz CT molecular complexity index is 1210. The van der Waals surface area contributed by atoms with Gasteiger partial charge in [0.25, 0.3) is 0 Å². The van der Waals surface area contributed by atoms with E-state index in [1.54, 1.807) is 24.3 Å². The van der Waals surface area contributed by atoms with Crippen molar-refractivity contribution < 1.29 is 14.3 Å². The number of ether oxygens (including phenoxy) is 1. The lowest BCUT2D eigenvalue weighted by Gasteiger charge is -2.10. The van der Waals surface area contributed by atoms with E-state index in [4.69, 9.17) is 14.7 Å². The number of carbonyl (C=O) groups is 2. The first-order chi connectivity index (χ1) is 15.6. The fraction of sp³-hybridized carbons (Fsp3) is 0.120. The Labute approximate surface area is 190 Å². The van der Waals surface area contributed by atoms with Gasteiger partial charge < -0.3 is 10.1 Å². The van der Waals surface area contributed by atoms with Crippen LogP contribution < -0.4 is 5.32 Å². The summed E-state index contributed by atoms with van der Waals surface area (Å²) in [5.74, 6) is -0.578. The molecule has 0 saturated carbocycles. The van der Waals surface area contributed by atoms with E-state index in [-0.39, 0.29) is 11.7 Å².